The summed E-state index contributed by atoms with van der Waals surface area (Å²) in [7, 11) is 2.16. The van der Waals surface area contributed by atoms with Crippen LogP contribution < -0.4 is 4.90 Å². The van der Waals surface area contributed by atoms with Crippen LogP contribution in [0.4, 0.5) is 11.4 Å². The van der Waals surface area contributed by atoms with Crippen molar-refractivity contribution in [3.05, 3.63) is 132 Å². The van der Waals surface area contributed by atoms with E-state index in [-0.39, 0.29) is 30.1 Å². The molecule has 0 N–H and O–H groups in total. The van der Waals surface area contributed by atoms with E-state index in [0.29, 0.717) is 11.5 Å². The molecule has 0 bridgehead atoms. The molecule has 1 fully saturated rings. The minimum atomic E-state index is -0.544. The number of hydrogen-bond donors (Lipinski definition) is 0. The number of hydroxylamine groups is 2. The summed E-state index contributed by atoms with van der Waals surface area (Å²) in [6.45, 7) is 10.0. The summed E-state index contributed by atoms with van der Waals surface area (Å²) in [4.78, 5) is 43.4. The molecule has 2 amide bonds. The quantitative estimate of drug-likeness (QED) is 0.0673. The molecule has 3 aliphatic heterocycles. The first-order valence-corrected chi connectivity index (χ1v) is 18.7. The molecule has 53 heavy (non-hydrogen) atoms. The number of unbranched alkanes of at least 4 members (excludes halogenated alkanes) is 2. The second kappa shape index (κ2) is 14.5. The van der Waals surface area contributed by atoms with Crippen molar-refractivity contribution in [1.29, 1.82) is 0 Å². The van der Waals surface area contributed by atoms with E-state index in [1.165, 1.54) is 55.5 Å². The van der Waals surface area contributed by atoms with E-state index in [9.17, 15) is 14.4 Å². The van der Waals surface area contributed by atoms with Crippen LogP contribution in [0, 0.1) is 0 Å². The number of hydrogen-bond acceptors (Lipinski definition) is 5. The number of rotatable bonds is 11. The van der Waals surface area contributed by atoms with E-state index in [1.807, 2.05) is 0 Å². The molecule has 7 rings (SSSR count). The zero-order valence-corrected chi connectivity index (χ0v) is 31.4. The molecule has 0 aliphatic carbocycles. The number of benzene rings is 4. The first kappa shape index (κ1) is 35.8. The van der Waals surface area contributed by atoms with Crippen LogP contribution in [0.15, 0.2) is 121 Å². The first-order valence-electron chi connectivity index (χ1n) is 18.7. The molecule has 4 aromatic rings. The van der Waals surface area contributed by atoms with Crippen molar-refractivity contribution in [2.75, 3.05) is 18.5 Å². The van der Waals surface area contributed by atoms with Crippen molar-refractivity contribution < 1.29 is 23.8 Å². The lowest BCUT2D eigenvalue weighted by Gasteiger charge is -2.27. The van der Waals surface area contributed by atoms with Crippen LogP contribution in [0.5, 0.6) is 0 Å². The molecular weight excluding hydrogens is 659 g/mol. The smallest absolute Gasteiger partial charge is 0.333 e. The highest BCUT2D eigenvalue weighted by molar-refractivity contribution is 6.07. The molecule has 1 saturated heterocycles. The van der Waals surface area contributed by atoms with Crippen LogP contribution in [-0.4, -0.2) is 46.7 Å². The molecule has 3 heterocycles. The first-order chi connectivity index (χ1) is 25.5. The van der Waals surface area contributed by atoms with E-state index in [1.54, 1.807) is 0 Å². The monoisotopic (exact) mass is 706 g/mol. The molecule has 7 nitrogen and oxygen atoms in total. The molecule has 7 heteroatoms. The van der Waals surface area contributed by atoms with Gasteiger partial charge in [-0.25, -0.2) is 4.79 Å². The summed E-state index contributed by atoms with van der Waals surface area (Å²) in [6, 6.07) is 26.1. The number of carbonyl (C=O) groups excluding carboxylic acids is 3. The highest BCUT2D eigenvalue weighted by Gasteiger charge is 2.44. The Labute approximate surface area is 312 Å². The van der Waals surface area contributed by atoms with Gasteiger partial charge in [0.05, 0.1) is 5.41 Å². The van der Waals surface area contributed by atoms with E-state index < -0.39 is 17.8 Å². The van der Waals surface area contributed by atoms with Gasteiger partial charge in [0.25, 0.3) is 11.8 Å². The van der Waals surface area contributed by atoms with Crippen molar-refractivity contribution in [3.63, 3.8) is 0 Å². The maximum atomic E-state index is 12.3. The fraction of sp³-hybridized carbons (Fsp3) is 0.304. The van der Waals surface area contributed by atoms with Gasteiger partial charge in [-0.05, 0) is 72.0 Å². The fourth-order valence-electron chi connectivity index (χ4n) is 8.48. The third-order valence-corrected chi connectivity index (χ3v) is 11.1. The second-order valence-electron chi connectivity index (χ2n) is 15.2. The van der Waals surface area contributed by atoms with Gasteiger partial charge in [-0.15, -0.1) is 5.06 Å². The zero-order valence-electron chi connectivity index (χ0n) is 31.4. The molecule has 4 aromatic carbocycles. The van der Waals surface area contributed by atoms with Gasteiger partial charge in [-0.1, -0.05) is 105 Å². The van der Waals surface area contributed by atoms with Crippen molar-refractivity contribution in [3.8, 4) is 0 Å². The highest BCUT2D eigenvalue weighted by Crippen LogP contribution is 2.51. The summed E-state index contributed by atoms with van der Waals surface area (Å²) in [5, 5.41) is 5.70. The molecule has 0 radical (unpaired) electrons. The van der Waals surface area contributed by atoms with Gasteiger partial charge in [0, 0.05) is 60.3 Å². The lowest BCUT2D eigenvalue weighted by molar-refractivity contribution is -0.401. The van der Waals surface area contributed by atoms with E-state index >= 15 is 0 Å². The van der Waals surface area contributed by atoms with Gasteiger partial charge in [0.1, 0.15) is 7.05 Å². The molecule has 0 atom stereocenters. The molecular formula is C46H48N3O4+. The number of amides is 2. The lowest BCUT2D eigenvalue weighted by Crippen LogP contribution is -2.32. The minimum Gasteiger partial charge on any atom is -0.344 e. The third kappa shape index (κ3) is 6.65. The van der Waals surface area contributed by atoms with Crippen LogP contribution >= 0.6 is 0 Å². The standard InChI is InChI=1S/C46H48N3O4/c1-45(2)38(47(5)36-27-25-32-18-13-15-20-34(32)43(36)45)22-10-7-6-8-11-23-39-46(3,4)44-35-21-16-14-19-33(35)26-28-37(44)48(39)31-17-9-12-24-42(52)53-49-40(50)29-30-41(49)51/h6-8,10-11,13-16,18-23,25-28H,9,12,17,24,29-31H2,1-5H3/q+1. The minimum absolute atomic E-state index is 0.0942. The molecule has 0 aromatic heterocycles. The molecule has 0 spiro atoms. The summed E-state index contributed by atoms with van der Waals surface area (Å²) in [5.41, 5.74) is 7.32. The van der Waals surface area contributed by atoms with Gasteiger partial charge >= 0.3 is 5.97 Å². The Hall–Kier alpha value is -5.56. The van der Waals surface area contributed by atoms with Crippen LogP contribution in [0.1, 0.15) is 77.3 Å². The topological polar surface area (TPSA) is 69.9 Å². The van der Waals surface area contributed by atoms with Crippen LogP contribution in [0.25, 0.3) is 21.5 Å². The lowest BCUT2D eigenvalue weighted by atomic mass is 9.79. The SMILES string of the molecule is C[N+]1=C(C=CC=CC=CC=C2N(CCCCCC(=O)ON3C(=O)CCC3=O)c3ccc4ccccc4c3C2(C)C)C(C)(C)c2c1ccc1ccccc21. The Balaban J connectivity index is 1.04. The summed E-state index contributed by atoms with van der Waals surface area (Å²) < 4.78 is 2.31. The summed E-state index contributed by atoms with van der Waals surface area (Å²) in [6.07, 6.45) is 17.6. The number of fused-ring (bicyclic) bond motifs is 6. The van der Waals surface area contributed by atoms with Crippen molar-refractivity contribution in [2.45, 2.75) is 77.0 Å². The normalized spacial score (nSPS) is 18.6. The molecule has 3 aliphatic rings. The van der Waals surface area contributed by atoms with Crippen LogP contribution in [0.3, 0.4) is 0 Å². The zero-order chi connectivity index (χ0) is 37.3. The largest absolute Gasteiger partial charge is 0.344 e. The van der Waals surface area contributed by atoms with Gasteiger partial charge in [-0.2, -0.15) is 4.58 Å². The predicted molar refractivity (Wildman–Crippen MR) is 213 cm³/mol. The highest BCUT2D eigenvalue weighted by atomic mass is 16.7. The Morgan fingerprint density at radius 2 is 1.36 bits per heavy atom. The summed E-state index contributed by atoms with van der Waals surface area (Å²) in [5.74, 6) is -1.45. The van der Waals surface area contributed by atoms with Gasteiger partial charge in [0.15, 0.2) is 5.71 Å². The molecule has 0 saturated carbocycles. The average molecular weight is 707 g/mol. The molecule has 270 valence electrons. The number of allylic oxidation sites excluding steroid dienone is 8. The van der Waals surface area contributed by atoms with Crippen molar-refractivity contribution in [2.24, 2.45) is 0 Å². The fourth-order valence-corrected chi connectivity index (χ4v) is 8.48. The number of nitrogens with zero attached hydrogens (tertiary/aromatic N) is 3. The third-order valence-electron chi connectivity index (χ3n) is 11.1. The van der Waals surface area contributed by atoms with Crippen LogP contribution in [-0.2, 0) is 30.1 Å². The van der Waals surface area contributed by atoms with E-state index in [4.69, 9.17) is 4.84 Å². The second-order valence-corrected chi connectivity index (χ2v) is 15.2. The van der Waals surface area contributed by atoms with Gasteiger partial charge in [-0.3, -0.25) is 9.59 Å². The van der Waals surface area contributed by atoms with Crippen molar-refractivity contribution >= 4 is 56.4 Å². The molecule has 0 unspecified atom stereocenters. The maximum Gasteiger partial charge on any atom is 0.333 e. The Bertz CT molecular complexity index is 2270. The average Bonchev–Trinajstić information content (AvgIpc) is 3.65. The van der Waals surface area contributed by atoms with Crippen molar-refractivity contribution in [1.82, 2.24) is 5.06 Å². The number of imide groups is 1. The van der Waals surface area contributed by atoms with Gasteiger partial charge in [0.2, 0.25) is 5.69 Å². The predicted octanol–water partition coefficient (Wildman–Crippen LogP) is 9.52. The Morgan fingerprint density at radius 1 is 0.736 bits per heavy atom. The number of carbonyl (C=O) groups is 3. The Morgan fingerprint density at radius 3 is 2.08 bits per heavy atom. The summed E-state index contributed by atoms with van der Waals surface area (Å²) >= 11 is 0. The van der Waals surface area contributed by atoms with Crippen LogP contribution in [0.2, 0.25) is 0 Å². The Kier molecular flexibility index (Phi) is 9.77. The van der Waals surface area contributed by atoms with E-state index in [2.05, 4.69) is 160 Å². The maximum absolute atomic E-state index is 12.3. The van der Waals surface area contributed by atoms with Gasteiger partial charge < -0.3 is 9.74 Å². The number of anilines is 1. The van der Waals surface area contributed by atoms with E-state index in [0.717, 1.165) is 19.4 Å².